The lowest BCUT2D eigenvalue weighted by Crippen LogP contribution is -2.25. The summed E-state index contributed by atoms with van der Waals surface area (Å²) >= 11 is 1.66. The minimum atomic E-state index is 0.474. The van der Waals surface area contributed by atoms with Gasteiger partial charge in [0.05, 0.1) is 0 Å². The lowest BCUT2D eigenvalue weighted by Gasteiger charge is -2.25. The number of para-hydroxylation sites is 1. The minimum absolute atomic E-state index is 0.474. The van der Waals surface area contributed by atoms with Gasteiger partial charge in [0, 0.05) is 30.4 Å². The molecular weight excluding hydrogens is 252 g/mol. The first kappa shape index (κ1) is 14.0. The molecule has 0 atom stereocenters. The van der Waals surface area contributed by atoms with Gasteiger partial charge < -0.3 is 4.72 Å². The van der Waals surface area contributed by atoms with Crippen LogP contribution in [0.5, 0.6) is 0 Å². The molecule has 100 valence electrons. The molecule has 0 aliphatic rings. The van der Waals surface area contributed by atoms with E-state index >= 15 is 0 Å². The number of anilines is 1. The third kappa shape index (κ3) is 4.62. The molecule has 2 nitrogen and oxygen atoms in total. The maximum absolute atomic E-state index is 3.39. The summed E-state index contributed by atoms with van der Waals surface area (Å²) in [6.07, 6.45) is 0. The third-order valence-corrected chi connectivity index (χ3v) is 3.92. The van der Waals surface area contributed by atoms with Crippen molar-refractivity contribution in [2.24, 2.45) is 0 Å². The summed E-state index contributed by atoms with van der Waals surface area (Å²) in [4.78, 5) is 0. The molecular formula is C16H20N2S. The van der Waals surface area contributed by atoms with Crippen molar-refractivity contribution >= 4 is 17.8 Å². The molecule has 0 aliphatic carbocycles. The third-order valence-electron chi connectivity index (χ3n) is 2.81. The van der Waals surface area contributed by atoms with Crippen LogP contribution in [-0.2, 0) is 6.54 Å². The minimum Gasteiger partial charge on any atom is -0.317 e. The van der Waals surface area contributed by atoms with Crippen molar-refractivity contribution in [1.82, 2.24) is 4.31 Å². The predicted octanol–water partition coefficient (Wildman–Crippen LogP) is 4.57. The molecule has 0 saturated heterocycles. The van der Waals surface area contributed by atoms with Crippen LogP contribution >= 0.6 is 12.1 Å². The Balaban J connectivity index is 1.93. The average molecular weight is 272 g/mol. The second kappa shape index (κ2) is 7.22. The smallest absolute Gasteiger partial charge is 0.0452 e. The van der Waals surface area contributed by atoms with Gasteiger partial charge in [-0.15, -0.1) is 0 Å². The molecule has 19 heavy (non-hydrogen) atoms. The van der Waals surface area contributed by atoms with Gasteiger partial charge in [-0.25, -0.2) is 4.31 Å². The van der Waals surface area contributed by atoms with E-state index < -0.39 is 0 Å². The highest BCUT2D eigenvalue weighted by Crippen LogP contribution is 2.20. The van der Waals surface area contributed by atoms with Crippen molar-refractivity contribution in [3.63, 3.8) is 0 Å². The molecule has 0 saturated carbocycles. The van der Waals surface area contributed by atoms with Crippen molar-refractivity contribution in [1.29, 1.82) is 0 Å². The van der Waals surface area contributed by atoms with Gasteiger partial charge in [0.1, 0.15) is 0 Å². The van der Waals surface area contributed by atoms with E-state index in [1.807, 2.05) is 18.2 Å². The molecule has 0 fully saturated rings. The van der Waals surface area contributed by atoms with Gasteiger partial charge in [0.15, 0.2) is 0 Å². The van der Waals surface area contributed by atoms with Crippen LogP contribution in [0.2, 0.25) is 0 Å². The first-order valence-electron chi connectivity index (χ1n) is 6.54. The van der Waals surface area contributed by atoms with E-state index in [-0.39, 0.29) is 0 Å². The summed E-state index contributed by atoms with van der Waals surface area (Å²) < 4.78 is 5.72. The van der Waals surface area contributed by atoms with Crippen LogP contribution in [0.25, 0.3) is 0 Å². The zero-order chi connectivity index (χ0) is 13.5. The SMILES string of the molecule is CC(C)N(Cc1ccccc1)SNc1ccccc1. The van der Waals surface area contributed by atoms with Gasteiger partial charge in [-0.3, -0.25) is 0 Å². The fourth-order valence-corrected chi connectivity index (χ4v) is 2.48. The predicted molar refractivity (Wildman–Crippen MR) is 84.8 cm³/mol. The van der Waals surface area contributed by atoms with Crippen molar-refractivity contribution in [3.05, 3.63) is 66.2 Å². The summed E-state index contributed by atoms with van der Waals surface area (Å²) in [6.45, 7) is 5.36. The normalized spacial score (nSPS) is 10.9. The Bertz CT molecular complexity index is 471. The van der Waals surface area contributed by atoms with E-state index in [0.717, 1.165) is 12.2 Å². The molecule has 0 radical (unpaired) electrons. The number of hydrogen-bond acceptors (Lipinski definition) is 3. The molecule has 1 N–H and O–H groups in total. The summed E-state index contributed by atoms with van der Waals surface area (Å²) in [5.41, 5.74) is 2.46. The molecule has 2 aromatic rings. The fourth-order valence-electron chi connectivity index (χ4n) is 1.70. The largest absolute Gasteiger partial charge is 0.317 e. The number of rotatable bonds is 6. The fraction of sp³-hybridized carbons (Fsp3) is 0.250. The van der Waals surface area contributed by atoms with Crippen LogP contribution in [-0.4, -0.2) is 10.3 Å². The van der Waals surface area contributed by atoms with E-state index in [1.54, 1.807) is 12.1 Å². The maximum atomic E-state index is 3.39. The maximum Gasteiger partial charge on any atom is 0.0452 e. The van der Waals surface area contributed by atoms with Gasteiger partial charge in [-0.1, -0.05) is 48.5 Å². The molecule has 0 aliphatic heterocycles. The molecule has 0 unspecified atom stereocenters. The Morgan fingerprint density at radius 3 is 2.11 bits per heavy atom. The van der Waals surface area contributed by atoms with Gasteiger partial charge in [-0.05, 0) is 31.5 Å². The Hall–Kier alpha value is -1.45. The van der Waals surface area contributed by atoms with Crippen LogP contribution in [0, 0.1) is 0 Å². The standard InChI is InChI=1S/C16H20N2S/c1-14(2)18(13-15-9-5-3-6-10-15)19-17-16-11-7-4-8-12-16/h3-12,14,17H,13H2,1-2H3. The van der Waals surface area contributed by atoms with Crippen molar-refractivity contribution < 1.29 is 0 Å². The second-order valence-electron chi connectivity index (χ2n) is 4.71. The molecule has 3 heteroatoms. The summed E-state index contributed by atoms with van der Waals surface area (Å²) in [7, 11) is 0. The Morgan fingerprint density at radius 2 is 1.53 bits per heavy atom. The second-order valence-corrected chi connectivity index (χ2v) is 5.57. The van der Waals surface area contributed by atoms with Crippen LogP contribution in [0.4, 0.5) is 5.69 Å². The Kier molecular flexibility index (Phi) is 5.31. The molecule has 0 bridgehead atoms. The van der Waals surface area contributed by atoms with Crippen molar-refractivity contribution in [2.75, 3.05) is 4.72 Å². The number of benzene rings is 2. The Labute approximate surface area is 120 Å². The number of nitrogens with zero attached hydrogens (tertiary/aromatic N) is 1. The van der Waals surface area contributed by atoms with Gasteiger partial charge in [0.25, 0.3) is 0 Å². The molecule has 0 heterocycles. The molecule has 2 aromatic carbocycles. The van der Waals surface area contributed by atoms with E-state index in [4.69, 9.17) is 0 Å². The highest BCUT2D eigenvalue weighted by atomic mass is 32.2. The van der Waals surface area contributed by atoms with Gasteiger partial charge >= 0.3 is 0 Å². The lowest BCUT2D eigenvalue weighted by molar-refractivity contribution is 0.392. The zero-order valence-electron chi connectivity index (χ0n) is 11.4. The first-order valence-corrected chi connectivity index (χ1v) is 7.31. The van der Waals surface area contributed by atoms with E-state index in [9.17, 15) is 0 Å². The summed E-state index contributed by atoms with van der Waals surface area (Å²) in [6, 6.07) is 21.3. The van der Waals surface area contributed by atoms with Crippen LogP contribution in [0.15, 0.2) is 60.7 Å². The van der Waals surface area contributed by atoms with Crippen molar-refractivity contribution in [3.8, 4) is 0 Å². The van der Waals surface area contributed by atoms with Crippen LogP contribution < -0.4 is 4.72 Å². The molecule has 2 rings (SSSR count). The average Bonchev–Trinajstić information content (AvgIpc) is 2.45. The van der Waals surface area contributed by atoms with Gasteiger partial charge in [0.2, 0.25) is 0 Å². The molecule has 0 amide bonds. The summed E-state index contributed by atoms with van der Waals surface area (Å²) in [5.74, 6) is 0. The topological polar surface area (TPSA) is 15.3 Å². The Morgan fingerprint density at radius 1 is 0.947 bits per heavy atom. The molecule has 0 spiro atoms. The van der Waals surface area contributed by atoms with E-state index in [1.165, 1.54) is 5.56 Å². The zero-order valence-corrected chi connectivity index (χ0v) is 12.2. The summed E-state index contributed by atoms with van der Waals surface area (Å²) in [5, 5.41) is 0. The van der Waals surface area contributed by atoms with E-state index in [0.29, 0.717) is 6.04 Å². The van der Waals surface area contributed by atoms with Crippen LogP contribution in [0.1, 0.15) is 19.4 Å². The van der Waals surface area contributed by atoms with Gasteiger partial charge in [-0.2, -0.15) is 0 Å². The number of nitrogens with one attached hydrogen (secondary N) is 1. The van der Waals surface area contributed by atoms with E-state index in [2.05, 4.69) is 65.3 Å². The quantitative estimate of drug-likeness (QED) is 0.775. The first-order chi connectivity index (χ1) is 9.25. The monoisotopic (exact) mass is 272 g/mol. The van der Waals surface area contributed by atoms with Crippen LogP contribution in [0.3, 0.4) is 0 Å². The van der Waals surface area contributed by atoms with Crippen molar-refractivity contribution in [2.45, 2.75) is 26.4 Å². The lowest BCUT2D eigenvalue weighted by atomic mass is 10.2. The highest BCUT2D eigenvalue weighted by molar-refractivity contribution is 7.98. The molecule has 0 aromatic heterocycles. The number of hydrogen-bond donors (Lipinski definition) is 1. The highest BCUT2D eigenvalue weighted by Gasteiger charge is 2.10.